The number of fused-ring (bicyclic) bond motifs is 2. The van der Waals surface area contributed by atoms with Gasteiger partial charge in [0.15, 0.2) is 11.3 Å². The fraction of sp³-hybridized carbons (Fsp3) is 0.0800. The molecule has 1 N–H and O–H groups in total. The zero-order chi connectivity index (χ0) is 25.4. The van der Waals surface area contributed by atoms with Crippen molar-refractivity contribution in [2.45, 2.75) is 12.7 Å². The average Bonchev–Trinajstić information content (AvgIpc) is 3.21. The number of anilines is 1. The normalized spacial score (nSPS) is 11.6. The second-order valence-corrected chi connectivity index (χ2v) is 7.92. The Morgan fingerprint density at radius 2 is 1.64 bits per heavy atom. The van der Waals surface area contributed by atoms with Gasteiger partial charge in [-0.3, -0.25) is 14.9 Å². The van der Waals surface area contributed by atoms with Crippen molar-refractivity contribution in [3.05, 3.63) is 94.7 Å². The lowest BCUT2D eigenvalue weighted by Crippen LogP contribution is -2.20. The summed E-state index contributed by atoms with van der Waals surface area (Å²) in [5.74, 6) is -0.668. The number of non-ortho nitro benzene ring substituents is 1. The van der Waals surface area contributed by atoms with Crippen LogP contribution in [0.2, 0.25) is 0 Å². The first-order valence-corrected chi connectivity index (χ1v) is 10.7. The minimum atomic E-state index is -4.80. The molecule has 3 aromatic carbocycles. The minimum absolute atomic E-state index is 0.0845. The van der Waals surface area contributed by atoms with Crippen molar-refractivity contribution >= 4 is 39.2 Å². The molecule has 0 aliphatic carbocycles. The summed E-state index contributed by atoms with van der Waals surface area (Å²) in [4.78, 5) is 27.4. The molecule has 0 unspecified atom stereocenters. The van der Waals surface area contributed by atoms with Crippen LogP contribution in [0.3, 0.4) is 0 Å². The molecule has 0 aliphatic rings. The molecule has 5 aromatic rings. The zero-order valence-corrected chi connectivity index (χ0v) is 18.4. The number of pyridine rings is 1. The van der Waals surface area contributed by atoms with E-state index in [0.29, 0.717) is 22.0 Å². The van der Waals surface area contributed by atoms with Crippen LogP contribution in [0.5, 0.6) is 0 Å². The van der Waals surface area contributed by atoms with Crippen molar-refractivity contribution in [2.24, 2.45) is 0 Å². The number of alkyl halides is 3. The number of carbonyl (C=O) groups is 1. The maximum Gasteiger partial charge on any atom is 0.435 e. The Labute approximate surface area is 201 Å². The summed E-state index contributed by atoms with van der Waals surface area (Å²) in [6.45, 7) is -0.552. The number of para-hydroxylation sites is 1. The zero-order valence-electron chi connectivity index (χ0n) is 18.4. The van der Waals surface area contributed by atoms with Gasteiger partial charge in [-0.25, -0.2) is 9.67 Å². The number of rotatable bonds is 5. The van der Waals surface area contributed by atoms with E-state index in [4.69, 9.17) is 0 Å². The fourth-order valence-electron chi connectivity index (χ4n) is 4.04. The van der Waals surface area contributed by atoms with Crippen LogP contribution in [0.1, 0.15) is 5.69 Å². The molecule has 0 fully saturated rings. The van der Waals surface area contributed by atoms with Gasteiger partial charge in [0.2, 0.25) is 5.91 Å². The number of halogens is 3. The van der Waals surface area contributed by atoms with E-state index in [0.717, 1.165) is 4.68 Å². The van der Waals surface area contributed by atoms with Crippen LogP contribution in [0, 0.1) is 10.1 Å². The summed E-state index contributed by atoms with van der Waals surface area (Å²) in [5.41, 5.74) is 0.199. The molecule has 2 heterocycles. The molecule has 2 aromatic heterocycles. The summed E-state index contributed by atoms with van der Waals surface area (Å²) < 4.78 is 43.4. The molecule has 36 heavy (non-hydrogen) atoms. The van der Waals surface area contributed by atoms with E-state index >= 15 is 0 Å². The maximum atomic E-state index is 14.2. The Morgan fingerprint density at radius 3 is 2.31 bits per heavy atom. The molecule has 0 radical (unpaired) electrons. The lowest BCUT2D eigenvalue weighted by molar-refractivity contribution is -0.384. The number of carbonyl (C=O) groups excluding carboxylic acids is 1. The van der Waals surface area contributed by atoms with Crippen LogP contribution < -0.4 is 5.32 Å². The van der Waals surface area contributed by atoms with Crippen LogP contribution in [0.15, 0.2) is 78.9 Å². The molecule has 0 saturated heterocycles. The molecule has 1 amide bonds. The summed E-state index contributed by atoms with van der Waals surface area (Å²) >= 11 is 0. The predicted octanol–water partition coefficient (Wildman–Crippen LogP) is 5.82. The number of benzene rings is 3. The highest BCUT2D eigenvalue weighted by Gasteiger charge is 2.39. The number of aromatic nitrogens is 3. The molecular formula is C25H16F3N5O3. The molecule has 0 atom stereocenters. The third-order valence-electron chi connectivity index (χ3n) is 5.56. The molecule has 180 valence electrons. The van der Waals surface area contributed by atoms with Crippen molar-refractivity contribution < 1.29 is 22.9 Å². The van der Waals surface area contributed by atoms with Gasteiger partial charge in [-0.1, -0.05) is 48.5 Å². The molecule has 0 spiro atoms. The second kappa shape index (κ2) is 8.77. The van der Waals surface area contributed by atoms with Crippen molar-refractivity contribution in [2.75, 3.05) is 5.32 Å². The minimum Gasteiger partial charge on any atom is -0.324 e. The van der Waals surface area contributed by atoms with E-state index in [1.165, 1.54) is 24.3 Å². The van der Waals surface area contributed by atoms with Crippen molar-refractivity contribution in [3.8, 4) is 11.1 Å². The number of amides is 1. The molecular weight excluding hydrogens is 475 g/mol. The molecule has 8 nitrogen and oxygen atoms in total. The highest BCUT2D eigenvalue weighted by Crippen LogP contribution is 2.41. The smallest absolute Gasteiger partial charge is 0.324 e. The predicted molar refractivity (Wildman–Crippen MR) is 127 cm³/mol. The molecule has 5 rings (SSSR count). The van der Waals surface area contributed by atoms with E-state index < -0.39 is 29.2 Å². The molecule has 11 heteroatoms. The quantitative estimate of drug-likeness (QED) is 0.247. The van der Waals surface area contributed by atoms with Gasteiger partial charge >= 0.3 is 6.18 Å². The van der Waals surface area contributed by atoms with Gasteiger partial charge in [-0.05, 0) is 23.8 Å². The van der Waals surface area contributed by atoms with E-state index in [9.17, 15) is 28.1 Å². The van der Waals surface area contributed by atoms with Gasteiger partial charge in [-0.2, -0.15) is 18.3 Å². The summed E-state index contributed by atoms with van der Waals surface area (Å²) in [5, 5.41) is 17.4. The van der Waals surface area contributed by atoms with E-state index in [1.807, 2.05) is 0 Å². The largest absolute Gasteiger partial charge is 0.435 e. The van der Waals surface area contributed by atoms with E-state index in [-0.39, 0.29) is 22.4 Å². The van der Waals surface area contributed by atoms with Gasteiger partial charge in [0.25, 0.3) is 5.69 Å². The van der Waals surface area contributed by atoms with Crippen LogP contribution in [0.4, 0.5) is 24.5 Å². The third kappa shape index (κ3) is 4.22. The number of nitro benzene ring substituents is 1. The van der Waals surface area contributed by atoms with E-state index in [2.05, 4.69) is 15.4 Å². The van der Waals surface area contributed by atoms with Crippen molar-refractivity contribution in [3.63, 3.8) is 0 Å². The van der Waals surface area contributed by atoms with Crippen molar-refractivity contribution in [1.82, 2.24) is 14.8 Å². The second-order valence-electron chi connectivity index (χ2n) is 7.92. The van der Waals surface area contributed by atoms with Crippen LogP contribution in [0.25, 0.3) is 33.1 Å². The Kier molecular flexibility index (Phi) is 5.59. The fourth-order valence-corrected chi connectivity index (χ4v) is 4.04. The summed E-state index contributed by atoms with van der Waals surface area (Å²) in [7, 11) is 0. The Hall–Kier alpha value is -4.80. The van der Waals surface area contributed by atoms with Crippen LogP contribution in [-0.4, -0.2) is 25.6 Å². The van der Waals surface area contributed by atoms with Crippen LogP contribution >= 0.6 is 0 Å². The Bertz CT molecular complexity index is 1610. The first-order chi connectivity index (χ1) is 17.2. The average molecular weight is 491 g/mol. The van der Waals surface area contributed by atoms with Gasteiger partial charge in [0.05, 0.1) is 15.8 Å². The first-order valence-electron chi connectivity index (χ1n) is 10.7. The highest BCUT2D eigenvalue weighted by atomic mass is 19.4. The number of nitrogens with zero attached hydrogens (tertiary/aromatic N) is 4. The summed E-state index contributed by atoms with van der Waals surface area (Å²) in [6.07, 6.45) is -4.80. The lowest BCUT2D eigenvalue weighted by atomic mass is 9.97. The van der Waals surface area contributed by atoms with Crippen LogP contribution in [-0.2, 0) is 17.5 Å². The van der Waals surface area contributed by atoms with Crippen molar-refractivity contribution in [1.29, 1.82) is 0 Å². The summed E-state index contributed by atoms with van der Waals surface area (Å²) in [6, 6.07) is 20.5. The maximum absolute atomic E-state index is 14.2. The molecule has 0 aliphatic heterocycles. The topological polar surface area (TPSA) is 103 Å². The monoisotopic (exact) mass is 491 g/mol. The van der Waals surface area contributed by atoms with Gasteiger partial charge in [-0.15, -0.1) is 0 Å². The van der Waals surface area contributed by atoms with Gasteiger partial charge in [0, 0.05) is 28.8 Å². The number of nitro groups is 1. The highest BCUT2D eigenvalue weighted by molar-refractivity contribution is 6.10. The van der Waals surface area contributed by atoms with Gasteiger partial charge < -0.3 is 5.32 Å². The first kappa shape index (κ1) is 23.0. The standard InChI is InChI=1S/C25H16F3N5O3/c26-25(27,28)23-22-21(15-6-2-1-3-7-15)18-8-4-5-9-19(18)30-24(22)32(31-23)14-20(34)29-16-10-12-17(13-11-16)33(35)36/h1-13H,14H2,(H,29,34). The lowest BCUT2D eigenvalue weighted by Gasteiger charge is -2.11. The number of hydrogen-bond acceptors (Lipinski definition) is 5. The molecule has 0 bridgehead atoms. The number of hydrogen-bond donors (Lipinski definition) is 1. The van der Waals surface area contributed by atoms with E-state index in [1.54, 1.807) is 54.6 Å². The third-order valence-corrected chi connectivity index (χ3v) is 5.56. The Morgan fingerprint density at radius 1 is 0.972 bits per heavy atom. The Balaban J connectivity index is 1.64. The van der Waals surface area contributed by atoms with Gasteiger partial charge in [0.1, 0.15) is 6.54 Å². The molecule has 0 saturated carbocycles. The SMILES string of the molecule is O=C(Cn1nc(C(F)(F)F)c2c(-c3ccccc3)c3ccccc3nc21)Nc1ccc([N+](=O)[O-])cc1. The number of nitrogens with one attached hydrogen (secondary N) is 1.